The first-order chi connectivity index (χ1) is 8.08. The van der Waals surface area contributed by atoms with Gasteiger partial charge in [-0.15, -0.1) is 0 Å². The molecule has 4 nitrogen and oxygen atoms in total. The summed E-state index contributed by atoms with van der Waals surface area (Å²) in [5.74, 6) is 0.324. The van der Waals surface area contributed by atoms with Crippen molar-refractivity contribution in [3.63, 3.8) is 0 Å². The highest BCUT2D eigenvalue weighted by Crippen LogP contribution is 2.20. The van der Waals surface area contributed by atoms with Crippen molar-refractivity contribution < 1.29 is 4.79 Å². The van der Waals surface area contributed by atoms with Gasteiger partial charge < -0.3 is 15.1 Å². The number of likely N-dealkylation sites (tertiary alicyclic amines) is 2. The van der Waals surface area contributed by atoms with Gasteiger partial charge in [0.25, 0.3) is 0 Å². The minimum atomic E-state index is 0.0506. The zero-order chi connectivity index (χ0) is 12.4. The summed E-state index contributed by atoms with van der Waals surface area (Å²) in [6, 6.07) is 0.883. The molecular weight excluding hydrogens is 214 g/mol. The van der Waals surface area contributed by atoms with Gasteiger partial charge in [0, 0.05) is 25.2 Å². The molecule has 0 radical (unpaired) electrons. The number of carbonyl (C=O) groups is 1. The van der Waals surface area contributed by atoms with Crippen molar-refractivity contribution in [3.05, 3.63) is 0 Å². The molecule has 0 aliphatic carbocycles. The van der Waals surface area contributed by atoms with Gasteiger partial charge in [-0.1, -0.05) is 13.8 Å². The second-order valence-corrected chi connectivity index (χ2v) is 5.75. The fourth-order valence-corrected chi connectivity index (χ4v) is 2.99. The molecular formula is C13H25N3O. The lowest BCUT2D eigenvalue weighted by molar-refractivity contribution is -0.138. The van der Waals surface area contributed by atoms with Crippen LogP contribution in [-0.4, -0.2) is 60.5 Å². The Morgan fingerprint density at radius 1 is 1.29 bits per heavy atom. The van der Waals surface area contributed by atoms with Crippen LogP contribution < -0.4 is 5.32 Å². The van der Waals surface area contributed by atoms with Crippen LogP contribution in [-0.2, 0) is 4.79 Å². The Morgan fingerprint density at radius 2 is 2.06 bits per heavy atom. The van der Waals surface area contributed by atoms with E-state index in [0.717, 1.165) is 38.9 Å². The highest BCUT2D eigenvalue weighted by molar-refractivity contribution is 5.83. The van der Waals surface area contributed by atoms with E-state index in [1.165, 1.54) is 0 Å². The molecule has 0 spiro atoms. The SMILES string of the molecule is CC(C)NC1CCCN(C2CCN(C)C2)C1=O. The van der Waals surface area contributed by atoms with Crippen LogP contribution in [0.3, 0.4) is 0 Å². The Balaban J connectivity index is 1.96. The molecule has 2 fully saturated rings. The maximum atomic E-state index is 12.4. The van der Waals surface area contributed by atoms with E-state index in [1.54, 1.807) is 0 Å². The molecule has 2 aliphatic rings. The lowest BCUT2D eigenvalue weighted by Crippen LogP contribution is -2.55. The van der Waals surface area contributed by atoms with E-state index in [4.69, 9.17) is 0 Å². The van der Waals surface area contributed by atoms with E-state index in [9.17, 15) is 4.79 Å². The first kappa shape index (κ1) is 12.8. The summed E-state index contributed by atoms with van der Waals surface area (Å²) in [6.45, 7) is 7.33. The molecule has 2 aliphatic heterocycles. The highest BCUT2D eigenvalue weighted by Gasteiger charge is 2.35. The molecule has 0 saturated carbocycles. The maximum absolute atomic E-state index is 12.4. The van der Waals surface area contributed by atoms with Crippen LogP contribution in [0.4, 0.5) is 0 Å². The van der Waals surface area contributed by atoms with E-state index < -0.39 is 0 Å². The van der Waals surface area contributed by atoms with E-state index in [2.05, 4.69) is 36.0 Å². The molecule has 2 saturated heterocycles. The largest absolute Gasteiger partial charge is 0.337 e. The Morgan fingerprint density at radius 3 is 2.65 bits per heavy atom. The summed E-state index contributed by atoms with van der Waals surface area (Å²) in [4.78, 5) is 16.8. The molecule has 0 aromatic heterocycles. The van der Waals surface area contributed by atoms with Crippen LogP contribution in [0.2, 0.25) is 0 Å². The van der Waals surface area contributed by atoms with Gasteiger partial charge in [0.05, 0.1) is 6.04 Å². The number of piperidine rings is 1. The van der Waals surface area contributed by atoms with E-state index in [-0.39, 0.29) is 6.04 Å². The Kier molecular flexibility index (Phi) is 4.05. The lowest BCUT2D eigenvalue weighted by atomic mass is 10.0. The average Bonchev–Trinajstić information content (AvgIpc) is 2.67. The van der Waals surface area contributed by atoms with E-state index in [0.29, 0.717) is 18.0 Å². The first-order valence-corrected chi connectivity index (χ1v) is 6.83. The van der Waals surface area contributed by atoms with Gasteiger partial charge in [-0.3, -0.25) is 4.79 Å². The highest BCUT2D eigenvalue weighted by atomic mass is 16.2. The van der Waals surface area contributed by atoms with Crippen molar-refractivity contribution in [2.24, 2.45) is 0 Å². The molecule has 98 valence electrons. The fourth-order valence-electron chi connectivity index (χ4n) is 2.99. The van der Waals surface area contributed by atoms with Crippen LogP contribution in [0.5, 0.6) is 0 Å². The molecule has 0 aromatic rings. The number of likely N-dealkylation sites (N-methyl/N-ethyl adjacent to an activating group) is 1. The Labute approximate surface area is 104 Å². The van der Waals surface area contributed by atoms with Gasteiger partial charge in [-0.05, 0) is 32.9 Å². The third-order valence-electron chi connectivity index (χ3n) is 3.81. The van der Waals surface area contributed by atoms with Crippen molar-refractivity contribution in [1.82, 2.24) is 15.1 Å². The van der Waals surface area contributed by atoms with Crippen molar-refractivity contribution in [2.45, 2.75) is 51.2 Å². The number of hydrogen-bond acceptors (Lipinski definition) is 3. The van der Waals surface area contributed by atoms with E-state index >= 15 is 0 Å². The van der Waals surface area contributed by atoms with Gasteiger partial charge in [-0.25, -0.2) is 0 Å². The number of rotatable bonds is 3. The monoisotopic (exact) mass is 239 g/mol. The second-order valence-electron chi connectivity index (χ2n) is 5.75. The molecule has 2 rings (SSSR count). The fraction of sp³-hybridized carbons (Fsp3) is 0.923. The number of carbonyl (C=O) groups excluding carboxylic acids is 1. The summed E-state index contributed by atoms with van der Waals surface area (Å²) in [5, 5.41) is 3.39. The molecule has 2 heterocycles. The van der Waals surface area contributed by atoms with Crippen molar-refractivity contribution in [1.29, 1.82) is 0 Å². The lowest BCUT2D eigenvalue weighted by Gasteiger charge is -2.37. The first-order valence-electron chi connectivity index (χ1n) is 6.83. The quantitative estimate of drug-likeness (QED) is 0.786. The molecule has 4 heteroatoms. The van der Waals surface area contributed by atoms with Gasteiger partial charge in [0.2, 0.25) is 5.91 Å². The Hall–Kier alpha value is -0.610. The van der Waals surface area contributed by atoms with Crippen LogP contribution >= 0.6 is 0 Å². The average molecular weight is 239 g/mol. The zero-order valence-electron chi connectivity index (χ0n) is 11.3. The maximum Gasteiger partial charge on any atom is 0.240 e. The number of amides is 1. The van der Waals surface area contributed by atoms with E-state index in [1.807, 2.05) is 0 Å². The molecule has 17 heavy (non-hydrogen) atoms. The van der Waals surface area contributed by atoms with Crippen LogP contribution in [0.1, 0.15) is 33.1 Å². The molecule has 2 unspecified atom stereocenters. The summed E-state index contributed by atoms with van der Waals surface area (Å²) < 4.78 is 0. The summed E-state index contributed by atoms with van der Waals surface area (Å²) in [6.07, 6.45) is 3.27. The molecule has 0 aromatic carbocycles. The third-order valence-corrected chi connectivity index (χ3v) is 3.81. The van der Waals surface area contributed by atoms with Gasteiger partial charge >= 0.3 is 0 Å². The molecule has 0 bridgehead atoms. The summed E-state index contributed by atoms with van der Waals surface area (Å²) >= 11 is 0. The van der Waals surface area contributed by atoms with Crippen molar-refractivity contribution in [3.8, 4) is 0 Å². The zero-order valence-corrected chi connectivity index (χ0v) is 11.3. The number of nitrogens with zero attached hydrogens (tertiary/aromatic N) is 2. The number of hydrogen-bond donors (Lipinski definition) is 1. The molecule has 1 N–H and O–H groups in total. The minimum Gasteiger partial charge on any atom is -0.337 e. The minimum absolute atomic E-state index is 0.0506. The normalized spacial score (nSPS) is 31.5. The standard InChI is InChI=1S/C13H25N3O/c1-10(2)14-12-5-4-7-16(13(12)17)11-6-8-15(3)9-11/h10-12,14H,4-9H2,1-3H3. The van der Waals surface area contributed by atoms with Gasteiger partial charge in [0.15, 0.2) is 0 Å². The summed E-state index contributed by atoms with van der Waals surface area (Å²) in [7, 11) is 2.14. The Bertz CT molecular complexity index is 280. The number of nitrogens with one attached hydrogen (secondary N) is 1. The van der Waals surface area contributed by atoms with Crippen LogP contribution in [0, 0.1) is 0 Å². The molecule has 1 amide bonds. The topological polar surface area (TPSA) is 35.6 Å². The van der Waals surface area contributed by atoms with Crippen molar-refractivity contribution >= 4 is 5.91 Å². The summed E-state index contributed by atoms with van der Waals surface area (Å²) in [5.41, 5.74) is 0. The van der Waals surface area contributed by atoms with Gasteiger partial charge in [-0.2, -0.15) is 0 Å². The third kappa shape index (κ3) is 2.99. The smallest absolute Gasteiger partial charge is 0.240 e. The van der Waals surface area contributed by atoms with Gasteiger partial charge in [0.1, 0.15) is 0 Å². The molecule has 2 atom stereocenters. The van der Waals surface area contributed by atoms with Crippen molar-refractivity contribution in [2.75, 3.05) is 26.7 Å². The predicted octanol–water partition coefficient (Wildman–Crippen LogP) is 0.679. The predicted molar refractivity (Wildman–Crippen MR) is 68.9 cm³/mol. The van der Waals surface area contributed by atoms with Crippen LogP contribution in [0.25, 0.3) is 0 Å². The second kappa shape index (κ2) is 5.36. The van der Waals surface area contributed by atoms with Crippen LogP contribution in [0.15, 0.2) is 0 Å².